The van der Waals surface area contributed by atoms with Crippen LogP contribution < -0.4 is 16.3 Å². The van der Waals surface area contributed by atoms with Crippen molar-refractivity contribution in [3.63, 3.8) is 0 Å². The van der Waals surface area contributed by atoms with E-state index in [-0.39, 0.29) is 17.3 Å². The summed E-state index contributed by atoms with van der Waals surface area (Å²) in [5, 5.41) is 12.8. The Morgan fingerprint density at radius 1 is 1.10 bits per heavy atom. The zero-order valence-electron chi connectivity index (χ0n) is 11.6. The monoisotopic (exact) mass is 289 g/mol. The maximum Gasteiger partial charge on any atom is 0.356 e. The first-order valence-electron chi connectivity index (χ1n) is 6.08. The van der Waals surface area contributed by atoms with E-state index in [1.54, 1.807) is 19.1 Å². The van der Waals surface area contributed by atoms with E-state index >= 15 is 0 Å². The first-order chi connectivity index (χ1) is 10.1. The molecule has 0 atom stereocenters. The topological polar surface area (TPSA) is 108 Å². The quantitative estimate of drug-likeness (QED) is 0.545. The summed E-state index contributed by atoms with van der Waals surface area (Å²) < 4.78 is 0. The number of para-hydroxylation sites is 1. The molecule has 2 aromatic rings. The Labute approximate surface area is 121 Å². The van der Waals surface area contributed by atoms with Crippen LogP contribution in [0, 0.1) is 10.1 Å². The van der Waals surface area contributed by atoms with Crippen molar-refractivity contribution in [1.82, 2.24) is 15.0 Å². The summed E-state index contributed by atoms with van der Waals surface area (Å²) >= 11 is 0. The number of anilines is 3. The number of aromatic nitrogens is 2. The number of hydrazine groups is 2. The third-order valence-electron chi connectivity index (χ3n) is 2.43. The summed E-state index contributed by atoms with van der Waals surface area (Å²) in [4.78, 5) is 18.5. The van der Waals surface area contributed by atoms with E-state index in [0.29, 0.717) is 0 Å². The van der Waals surface area contributed by atoms with Gasteiger partial charge >= 0.3 is 5.69 Å². The lowest BCUT2D eigenvalue weighted by molar-refractivity contribution is -0.383. The van der Waals surface area contributed by atoms with Gasteiger partial charge in [-0.3, -0.25) is 26.4 Å². The molecule has 9 heteroatoms. The second kappa shape index (κ2) is 6.48. The first-order valence-corrected chi connectivity index (χ1v) is 6.08. The van der Waals surface area contributed by atoms with Gasteiger partial charge < -0.3 is 0 Å². The van der Waals surface area contributed by atoms with Crippen molar-refractivity contribution < 1.29 is 4.92 Å². The molecule has 0 fully saturated rings. The van der Waals surface area contributed by atoms with E-state index in [4.69, 9.17) is 0 Å². The molecule has 1 aromatic carbocycles. The molecule has 0 amide bonds. The van der Waals surface area contributed by atoms with Gasteiger partial charge in [-0.15, -0.1) is 0 Å². The molecule has 0 aliphatic rings. The largest absolute Gasteiger partial charge is 0.356 e. The van der Waals surface area contributed by atoms with Crippen LogP contribution in [0.1, 0.15) is 0 Å². The lowest BCUT2D eigenvalue weighted by Gasteiger charge is -2.14. The number of nitrogens with one attached hydrogen (secondary N) is 3. The average molecular weight is 289 g/mol. The van der Waals surface area contributed by atoms with Gasteiger partial charge in [-0.1, -0.05) is 18.2 Å². The van der Waals surface area contributed by atoms with Crippen molar-refractivity contribution in [1.29, 1.82) is 0 Å². The van der Waals surface area contributed by atoms with Gasteiger partial charge in [0.05, 0.1) is 10.6 Å². The van der Waals surface area contributed by atoms with Gasteiger partial charge in [-0.2, -0.15) is 0 Å². The Morgan fingerprint density at radius 2 is 1.76 bits per heavy atom. The van der Waals surface area contributed by atoms with E-state index in [1.807, 2.05) is 30.3 Å². The highest BCUT2D eigenvalue weighted by Crippen LogP contribution is 2.28. The number of nitro groups is 1. The molecule has 21 heavy (non-hydrogen) atoms. The molecule has 3 N–H and O–H groups in total. The summed E-state index contributed by atoms with van der Waals surface area (Å²) in [5.41, 5.74) is 8.86. The molecular weight excluding hydrogens is 274 g/mol. The van der Waals surface area contributed by atoms with Crippen LogP contribution in [-0.2, 0) is 0 Å². The van der Waals surface area contributed by atoms with Gasteiger partial charge in [-0.05, 0) is 12.1 Å². The standard InChI is InChI=1S/C12H15N7O2/c1-18(2)17-12-10(19(20)21)11(13-8-14-12)16-15-9-6-4-3-5-7-9/h3-8,15H,1-2H3,(H2,13,14,16,17). The van der Waals surface area contributed by atoms with Crippen LogP contribution in [0.5, 0.6) is 0 Å². The van der Waals surface area contributed by atoms with Gasteiger partial charge in [0.2, 0.25) is 11.6 Å². The first kappa shape index (κ1) is 14.5. The fraction of sp³-hybridized carbons (Fsp3) is 0.167. The predicted molar refractivity (Wildman–Crippen MR) is 79.7 cm³/mol. The number of hydrogen-bond donors (Lipinski definition) is 3. The van der Waals surface area contributed by atoms with Crippen molar-refractivity contribution in [3.05, 3.63) is 46.8 Å². The molecule has 0 unspecified atom stereocenters. The molecule has 1 aromatic heterocycles. The molecule has 0 radical (unpaired) electrons. The predicted octanol–water partition coefficient (Wildman–Crippen LogP) is 1.71. The smallest absolute Gasteiger partial charge is 0.299 e. The van der Waals surface area contributed by atoms with Crippen molar-refractivity contribution >= 4 is 23.0 Å². The minimum absolute atomic E-state index is 0.0724. The molecule has 0 spiro atoms. The van der Waals surface area contributed by atoms with Crippen LogP contribution in [0.15, 0.2) is 36.7 Å². The summed E-state index contributed by atoms with van der Waals surface area (Å²) in [6.07, 6.45) is 1.24. The maximum atomic E-state index is 11.2. The van der Waals surface area contributed by atoms with Crippen molar-refractivity contribution in [3.8, 4) is 0 Å². The van der Waals surface area contributed by atoms with E-state index < -0.39 is 4.92 Å². The van der Waals surface area contributed by atoms with Crippen LogP contribution in [0.2, 0.25) is 0 Å². The summed E-state index contributed by atoms with van der Waals surface area (Å²) in [6.45, 7) is 0. The lowest BCUT2D eigenvalue weighted by Crippen LogP contribution is -2.22. The Morgan fingerprint density at radius 3 is 2.38 bits per heavy atom. The normalized spacial score (nSPS) is 10.2. The van der Waals surface area contributed by atoms with Gasteiger partial charge in [0.25, 0.3) is 0 Å². The van der Waals surface area contributed by atoms with E-state index in [2.05, 4.69) is 26.2 Å². The molecule has 0 saturated heterocycles. The van der Waals surface area contributed by atoms with Crippen molar-refractivity contribution in [2.45, 2.75) is 0 Å². The Bertz CT molecular complexity index is 618. The van der Waals surface area contributed by atoms with E-state index in [1.165, 1.54) is 6.33 Å². The highest BCUT2D eigenvalue weighted by atomic mass is 16.6. The molecule has 0 bridgehead atoms. The van der Waals surface area contributed by atoms with Crippen LogP contribution in [0.3, 0.4) is 0 Å². The number of hydrogen-bond acceptors (Lipinski definition) is 8. The number of nitrogens with zero attached hydrogens (tertiary/aromatic N) is 4. The minimum Gasteiger partial charge on any atom is -0.299 e. The molecular formula is C12H15N7O2. The fourth-order valence-corrected chi connectivity index (χ4v) is 1.59. The average Bonchev–Trinajstić information content (AvgIpc) is 2.45. The van der Waals surface area contributed by atoms with E-state index in [9.17, 15) is 10.1 Å². The molecule has 9 nitrogen and oxygen atoms in total. The molecule has 0 saturated carbocycles. The Balaban J connectivity index is 2.24. The molecule has 1 heterocycles. The number of rotatable bonds is 6. The highest BCUT2D eigenvalue weighted by molar-refractivity contribution is 5.70. The van der Waals surface area contributed by atoms with Gasteiger partial charge in [0.1, 0.15) is 6.33 Å². The minimum atomic E-state index is -0.541. The van der Waals surface area contributed by atoms with Gasteiger partial charge in [0, 0.05) is 14.1 Å². The van der Waals surface area contributed by atoms with Crippen LogP contribution in [0.4, 0.5) is 23.0 Å². The van der Waals surface area contributed by atoms with Crippen molar-refractivity contribution in [2.75, 3.05) is 30.4 Å². The van der Waals surface area contributed by atoms with Crippen LogP contribution in [-0.4, -0.2) is 34.0 Å². The highest BCUT2D eigenvalue weighted by Gasteiger charge is 2.23. The third kappa shape index (κ3) is 3.76. The Kier molecular flexibility index (Phi) is 4.46. The second-order valence-corrected chi connectivity index (χ2v) is 4.30. The fourth-order valence-electron chi connectivity index (χ4n) is 1.59. The zero-order valence-corrected chi connectivity index (χ0v) is 11.6. The zero-order chi connectivity index (χ0) is 15.2. The van der Waals surface area contributed by atoms with Gasteiger partial charge in [-0.25, -0.2) is 15.0 Å². The second-order valence-electron chi connectivity index (χ2n) is 4.30. The maximum absolute atomic E-state index is 11.2. The number of benzene rings is 1. The summed E-state index contributed by atoms with van der Waals surface area (Å²) in [6, 6.07) is 9.20. The molecule has 0 aliphatic carbocycles. The SMILES string of the molecule is CN(C)Nc1ncnc(NNc2ccccc2)c1[N+](=O)[O-]. The third-order valence-corrected chi connectivity index (χ3v) is 2.43. The summed E-state index contributed by atoms with van der Waals surface area (Å²) in [5.74, 6) is 0.181. The van der Waals surface area contributed by atoms with Crippen LogP contribution in [0.25, 0.3) is 0 Å². The molecule has 2 rings (SSSR count). The Hall–Kier alpha value is -2.94. The van der Waals surface area contributed by atoms with Crippen LogP contribution >= 0.6 is 0 Å². The van der Waals surface area contributed by atoms with E-state index in [0.717, 1.165) is 5.69 Å². The van der Waals surface area contributed by atoms with Crippen molar-refractivity contribution in [2.24, 2.45) is 0 Å². The molecule has 0 aliphatic heterocycles. The summed E-state index contributed by atoms with van der Waals surface area (Å²) in [7, 11) is 3.42. The lowest BCUT2D eigenvalue weighted by atomic mass is 10.3. The van der Waals surface area contributed by atoms with Gasteiger partial charge in [0.15, 0.2) is 0 Å². The molecule has 110 valence electrons.